The normalized spacial score (nSPS) is 49.0. The van der Waals surface area contributed by atoms with Crippen LogP contribution in [0.25, 0.3) is 0 Å². The van der Waals surface area contributed by atoms with Crippen molar-refractivity contribution in [2.75, 3.05) is 6.61 Å². The van der Waals surface area contributed by atoms with E-state index in [1.54, 1.807) is 6.08 Å². The predicted octanol–water partition coefficient (Wildman–Crippen LogP) is 6.70. The zero-order chi connectivity index (χ0) is 34.7. The SMILES string of the molecule is CCCCCCCCC1(CC)O[C@H]2[C@H](C[C@H](O[C@H]3CC[C@]4(C=O)[C@H]5CC[C@]6(C)[C@@H](C7=CC(=O)OC7)CC[C@]6(O)[C@@H]5CC[C@]4(O)C3)O[C@@H]2C)O1. The van der Waals surface area contributed by atoms with Gasteiger partial charge in [0.25, 0.3) is 0 Å². The molecule has 3 aliphatic heterocycles. The quantitative estimate of drug-likeness (QED) is 0.100. The summed E-state index contributed by atoms with van der Waals surface area (Å²) in [5.74, 6) is -0.938. The van der Waals surface area contributed by atoms with Crippen molar-refractivity contribution in [3.63, 3.8) is 0 Å². The first-order valence-corrected chi connectivity index (χ1v) is 19.9. The Morgan fingerprint density at radius 1 is 0.959 bits per heavy atom. The Labute approximate surface area is 293 Å². The van der Waals surface area contributed by atoms with E-state index in [1.807, 2.05) is 6.92 Å². The number of carbonyl (C=O) groups is 2. The van der Waals surface area contributed by atoms with Gasteiger partial charge in [0.1, 0.15) is 19.0 Å². The number of rotatable bonds is 12. The third-order valence-electron chi connectivity index (χ3n) is 15.0. The summed E-state index contributed by atoms with van der Waals surface area (Å²) >= 11 is 0. The molecule has 0 bridgehead atoms. The number of fused-ring (bicyclic) bond motifs is 6. The van der Waals surface area contributed by atoms with Crippen LogP contribution in [0.1, 0.15) is 143 Å². The van der Waals surface area contributed by atoms with E-state index in [2.05, 4.69) is 20.8 Å². The van der Waals surface area contributed by atoms with Crippen LogP contribution >= 0.6 is 0 Å². The fourth-order valence-electron chi connectivity index (χ4n) is 12.2. The summed E-state index contributed by atoms with van der Waals surface area (Å²) in [6, 6.07) is 0. The molecule has 276 valence electrons. The number of hydrogen-bond acceptors (Lipinski definition) is 9. The molecule has 0 aromatic heterocycles. The summed E-state index contributed by atoms with van der Waals surface area (Å²) < 4.78 is 31.6. The maximum Gasteiger partial charge on any atom is 0.331 e. The minimum absolute atomic E-state index is 0.0769. The second-order valence-corrected chi connectivity index (χ2v) is 17.3. The molecule has 2 N–H and O–H groups in total. The molecule has 4 aliphatic carbocycles. The van der Waals surface area contributed by atoms with Crippen LogP contribution in [-0.2, 0) is 33.3 Å². The molecule has 1 unspecified atom stereocenters. The molecule has 3 heterocycles. The number of esters is 1. The lowest BCUT2D eigenvalue weighted by molar-refractivity contribution is -0.278. The Hall–Kier alpha value is -1.36. The lowest BCUT2D eigenvalue weighted by Gasteiger charge is -2.65. The minimum Gasteiger partial charge on any atom is -0.458 e. The van der Waals surface area contributed by atoms with Crippen molar-refractivity contribution in [1.29, 1.82) is 0 Å². The number of unbranched alkanes of at least 4 members (excludes halogenated alkanes) is 5. The zero-order valence-corrected chi connectivity index (χ0v) is 30.5. The Kier molecular flexibility index (Phi) is 9.97. The first kappa shape index (κ1) is 36.0. The number of carbonyl (C=O) groups excluding carboxylic acids is 2. The van der Waals surface area contributed by atoms with Crippen molar-refractivity contribution in [2.45, 2.75) is 191 Å². The second-order valence-electron chi connectivity index (χ2n) is 17.3. The molecule has 13 atom stereocenters. The van der Waals surface area contributed by atoms with E-state index in [1.165, 1.54) is 32.1 Å². The van der Waals surface area contributed by atoms with E-state index in [-0.39, 0.29) is 48.1 Å². The summed E-state index contributed by atoms with van der Waals surface area (Å²) in [6.45, 7) is 8.92. The highest BCUT2D eigenvalue weighted by molar-refractivity contribution is 5.85. The van der Waals surface area contributed by atoms with Gasteiger partial charge in [-0.05, 0) is 94.5 Å². The molecule has 0 aromatic carbocycles. The van der Waals surface area contributed by atoms with Gasteiger partial charge in [-0.25, -0.2) is 4.79 Å². The third kappa shape index (κ3) is 5.89. The highest BCUT2D eigenvalue weighted by Gasteiger charge is 2.71. The lowest BCUT2D eigenvalue weighted by Crippen LogP contribution is -2.69. The monoisotopic (exact) mass is 686 g/mol. The summed E-state index contributed by atoms with van der Waals surface area (Å²) in [6.07, 6.45) is 17.0. The minimum atomic E-state index is -1.19. The fraction of sp³-hybridized carbons (Fsp3) is 0.900. The van der Waals surface area contributed by atoms with E-state index in [4.69, 9.17) is 23.7 Å². The van der Waals surface area contributed by atoms with Crippen molar-refractivity contribution in [3.8, 4) is 0 Å². The molecule has 2 saturated heterocycles. The first-order valence-electron chi connectivity index (χ1n) is 19.9. The van der Waals surface area contributed by atoms with Gasteiger partial charge in [0.15, 0.2) is 12.1 Å². The summed E-state index contributed by atoms with van der Waals surface area (Å²) in [4.78, 5) is 25.2. The van der Waals surface area contributed by atoms with Gasteiger partial charge < -0.3 is 38.7 Å². The van der Waals surface area contributed by atoms with E-state index < -0.39 is 34.1 Å². The van der Waals surface area contributed by atoms with Gasteiger partial charge in [0.05, 0.1) is 34.9 Å². The summed E-state index contributed by atoms with van der Waals surface area (Å²) in [5, 5.41) is 25.0. The highest BCUT2D eigenvalue weighted by Crippen LogP contribution is 2.70. The molecule has 7 rings (SSSR count). The van der Waals surface area contributed by atoms with Crippen LogP contribution in [0, 0.1) is 28.6 Å². The van der Waals surface area contributed by atoms with Crippen molar-refractivity contribution >= 4 is 12.3 Å². The zero-order valence-electron chi connectivity index (χ0n) is 30.5. The number of hydrogen-bond donors (Lipinski definition) is 2. The largest absolute Gasteiger partial charge is 0.458 e. The summed E-state index contributed by atoms with van der Waals surface area (Å²) in [7, 11) is 0. The van der Waals surface area contributed by atoms with E-state index in [0.717, 1.165) is 50.4 Å². The highest BCUT2D eigenvalue weighted by atomic mass is 16.8. The maximum atomic E-state index is 13.3. The molecule has 0 aromatic rings. The van der Waals surface area contributed by atoms with Gasteiger partial charge in [-0.1, -0.05) is 52.9 Å². The molecular weight excluding hydrogens is 624 g/mol. The van der Waals surface area contributed by atoms with Crippen LogP contribution in [0.2, 0.25) is 0 Å². The first-order chi connectivity index (χ1) is 23.5. The van der Waals surface area contributed by atoms with Crippen molar-refractivity contribution in [1.82, 2.24) is 0 Å². The predicted molar refractivity (Wildman–Crippen MR) is 182 cm³/mol. The van der Waals surface area contributed by atoms with Gasteiger partial charge in [-0.15, -0.1) is 0 Å². The smallest absolute Gasteiger partial charge is 0.331 e. The van der Waals surface area contributed by atoms with Gasteiger partial charge in [-0.2, -0.15) is 0 Å². The molecule has 4 saturated carbocycles. The van der Waals surface area contributed by atoms with Gasteiger partial charge in [0.2, 0.25) is 0 Å². The van der Waals surface area contributed by atoms with Crippen LogP contribution in [0.5, 0.6) is 0 Å². The van der Waals surface area contributed by atoms with E-state index in [9.17, 15) is 19.8 Å². The molecule has 9 heteroatoms. The van der Waals surface area contributed by atoms with E-state index >= 15 is 0 Å². The Morgan fingerprint density at radius 3 is 2.47 bits per heavy atom. The van der Waals surface area contributed by atoms with Crippen molar-refractivity contribution < 1.29 is 43.5 Å². The molecule has 0 spiro atoms. The average molecular weight is 687 g/mol. The van der Waals surface area contributed by atoms with Gasteiger partial charge in [0, 0.05) is 30.8 Å². The molecule has 0 radical (unpaired) electrons. The molecule has 9 nitrogen and oxygen atoms in total. The Morgan fingerprint density at radius 2 is 1.73 bits per heavy atom. The molecular formula is C40H62O9. The van der Waals surface area contributed by atoms with Crippen LogP contribution in [0.15, 0.2) is 11.6 Å². The average Bonchev–Trinajstić information content (AvgIpc) is 3.75. The van der Waals surface area contributed by atoms with Crippen LogP contribution in [-0.4, -0.2) is 76.8 Å². The fourth-order valence-corrected chi connectivity index (χ4v) is 12.2. The molecule has 7 aliphatic rings. The topological polar surface area (TPSA) is 121 Å². The van der Waals surface area contributed by atoms with Gasteiger partial charge >= 0.3 is 5.97 Å². The lowest BCUT2D eigenvalue weighted by atomic mass is 9.41. The summed E-state index contributed by atoms with van der Waals surface area (Å²) in [5.41, 5.74) is -2.46. The third-order valence-corrected chi connectivity index (χ3v) is 15.0. The van der Waals surface area contributed by atoms with Gasteiger partial charge in [-0.3, -0.25) is 0 Å². The Balaban J connectivity index is 0.992. The standard InChI is InChI=1S/C40H62O9/c1-5-7-8-9-10-11-16-39(6-2)48-32-22-34(46-26(3)35(32)49-39)47-28-12-18-37(25-41)30-13-17-36(4)29(27-21-33(42)45-24-27)15-20-40(36,44)31(30)14-19-38(37,43)23-28/h21,25-26,28-32,34-35,43-44H,5-20,22-24H2,1-4H3/t26-,28+,29-,30+,31-,32+,34+,35-,36-,37+,38+,39?,40+/m1/s1. The van der Waals surface area contributed by atoms with E-state index in [0.29, 0.717) is 51.6 Å². The maximum absolute atomic E-state index is 13.3. The van der Waals surface area contributed by atoms with Crippen LogP contribution < -0.4 is 0 Å². The molecule has 0 amide bonds. The number of aldehydes is 1. The Bertz CT molecular complexity index is 1270. The number of ether oxygens (including phenoxy) is 5. The van der Waals surface area contributed by atoms with Crippen molar-refractivity contribution in [2.24, 2.45) is 28.6 Å². The molecule has 6 fully saturated rings. The van der Waals surface area contributed by atoms with Crippen LogP contribution in [0.4, 0.5) is 0 Å². The number of aliphatic hydroxyl groups is 2. The van der Waals surface area contributed by atoms with Crippen LogP contribution in [0.3, 0.4) is 0 Å². The second kappa shape index (κ2) is 13.6. The molecule has 49 heavy (non-hydrogen) atoms. The van der Waals surface area contributed by atoms with Crippen molar-refractivity contribution in [3.05, 3.63) is 11.6 Å². The number of cyclic esters (lactones) is 1.